The second-order valence-corrected chi connectivity index (χ2v) is 5.36. The quantitative estimate of drug-likeness (QED) is 0.607. The summed E-state index contributed by atoms with van der Waals surface area (Å²) in [7, 11) is 1.83. The number of rotatable bonds is 7. The maximum atomic E-state index is 11.8. The van der Waals surface area contributed by atoms with Crippen LogP contribution in [-0.4, -0.2) is 42.7 Å². The monoisotopic (exact) mass is 266 g/mol. The van der Waals surface area contributed by atoms with Gasteiger partial charge in [0.05, 0.1) is 6.04 Å². The van der Waals surface area contributed by atoms with Crippen LogP contribution in [0.25, 0.3) is 0 Å². The molecule has 0 heterocycles. The number of carbonyl (C=O) groups is 1. The van der Waals surface area contributed by atoms with Gasteiger partial charge in [0.25, 0.3) is 0 Å². The summed E-state index contributed by atoms with van der Waals surface area (Å²) in [5.41, 5.74) is 0. The van der Waals surface area contributed by atoms with Gasteiger partial charge in [-0.1, -0.05) is 18.2 Å². The first-order chi connectivity index (χ1) is 8.65. The van der Waals surface area contributed by atoms with Crippen LogP contribution in [0.4, 0.5) is 0 Å². The molecule has 0 radical (unpaired) electrons. The molecule has 0 aliphatic carbocycles. The molecule has 1 rings (SSSR count). The van der Waals surface area contributed by atoms with E-state index in [-0.39, 0.29) is 11.9 Å². The first-order valence-corrected chi connectivity index (χ1v) is 7.30. The van der Waals surface area contributed by atoms with Crippen molar-refractivity contribution in [3.63, 3.8) is 0 Å². The molecule has 18 heavy (non-hydrogen) atoms. The van der Waals surface area contributed by atoms with Gasteiger partial charge in [0.1, 0.15) is 0 Å². The zero-order valence-electron chi connectivity index (χ0n) is 11.3. The third-order valence-corrected chi connectivity index (χ3v) is 3.80. The predicted octanol–water partition coefficient (Wildman–Crippen LogP) is 2.24. The molecule has 1 aromatic carbocycles. The van der Waals surface area contributed by atoms with Crippen molar-refractivity contribution in [2.75, 3.05) is 25.9 Å². The standard InChI is InChI=1S/C14H22N2OS/c1-4-16(3)14(17)12(2)15-10-11-18-13-8-6-5-7-9-13/h5-9,12,15H,4,10-11H2,1-3H3. The number of carbonyl (C=O) groups excluding carboxylic acids is 1. The number of benzene rings is 1. The number of hydrogen-bond acceptors (Lipinski definition) is 3. The molecule has 0 saturated heterocycles. The molecule has 1 unspecified atom stereocenters. The molecule has 0 saturated carbocycles. The number of nitrogens with one attached hydrogen (secondary N) is 1. The molecule has 0 aliphatic rings. The minimum absolute atomic E-state index is 0.105. The van der Waals surface area contributed by atoms with Crippen molar-refractivity contribution in [3.05, 3.63) is 30.3 Å². The average molecular weight is 266 g/mol. The Labute approximate surface area is 114 Å². The Morgan fingerprint density at radius 2 is 2.06 bits per heavy atom. The van der Waals surface area contributed by atoms with E-state index in [9.17, 15) is 4.79 Å². The summed E-state index contributed by atoms with van der Waals surface area (Å²) in [5, 5.41) is 3.26. The highest BCUT2D eigenvalue weighted by Crippen LogP contribution is 2.15. The van der Waals surface area contributed by atoms with Crippen LogP contribution in [0.15, 0.2) is 35.2 Å². The van der Waals surface area contributed by atoms with Gasteiger partial charge < -0.3 is 10.2 Å². The highest BCUT2D eigenvalue weighted by Gasteiger charge is 2.14. The van der Waals surface area contributed by atoms with Crippen LogP contribution in [0.3, 0.4) is 0 Å². The van der Waals surface area contributed by atoms with E-state index in [4.69, 9.17) is 0 Å². The van der Waals surface area contributed by atoms with Crippen LogP contribution in [0, 0.1) is 0 Å². The van der Waals surface area contributed by atoms with Crippen molar-refractivity contribution in [1.82, 2.24) is 10.2 Å². The van der Waals surface area contributed by atoms with E-state index in [0.717, 1.165) is 18.8 Å². The zero-order valence-corrected chi connectivity index (χ0v) is 12.2. The van der Waals surface area contributed by atoms with Gasteiger partial charge in [-0.05, 0) is 26.0 Å². The summed E-state index contributed by atoms with van der Waals surface area (Å²) in [6.07, 6.45) is 0. The SMILES string of the molecule is CCN(C)C(=O)C(C)NCCSc1ccccc1. The van der Waals surface area contributed by atoms with Gasteiger partial charge in [-0.25, -0.2) is 0 Å². The summed E-state index contributed by atoms with van der Waals surface area (Å²) in [6, 6.07) is 10.2. The fraction of sp³-hybridized carbons (Fsp3) is 0.500. The maximum Gasteiger partial charge on any atom is 0.239 e. The Bertz CT molecular complexity index is 356. The minimum Gasteiger partial charge on any atom is -0.345 e. The second-order valence-electron chi connectivity index (χ2n) is 4.19. The van der Waals surface area contributed by atoms with E-state index in [1.807, 2.05) is 39.1 Å². The first-order valence-electron chi connectivity index (χ1n) is 6.31. The number of hydrogen-bond donors (Lipinski definition) is 1. The smallest absolute Gasteiger partial charge is 0.239 e. The van der Waals surface area contributed by atoms with Crippen LogP contribution in [-0.2, 0) is 4.79 Å². The van der Waals surface area contributed by atoms with Gasteiger partial charge in [0, 0.05) is 30.8 Å². The van der Waals surface area contributed by atoms with Crippen molar-refractivity contribution >= 4 is 17.7 Å². The Hall–Kier alpha value is -1.00. The third-order valence-electron chi connectivity index (χ3n) is 2.79. The van der Waals surface area contributed by atoms with Gasteiger partial charge in [-0.2, -0.15) is 0 Å². The maximum absolute atomic E-state index is 11.8. The highest BCUT2D eigenvalue weighted by atomic mass is 32.2. The van der Waals surface area contributed by atoms with Crippen molar-refractivity contribution in [2.45, 2.75) is 24.8 Å². The summed E-state index contributed by atoms with van der Waals surface area (Å²) in [4.78, 5) is 14.8. The fourth-order valence-corrected chi connectivity index (χ4v) is 2.34. The van der Waals surface area contributed by atoms with Crippen molar-refractivity contribution in [2.24, 2.45) is 0 Å². The molecule has 1 N–H and O–H groups in total. The van der Waals surface area contributed by atoms with Gasteiger partial charge in [0.2, 0.25) is 5.91 Å². The summed E-state index contributed by atoms with van der Waals surface area (Å²) in [5.74, 6) is 1.12. The molecule has 0 aliphatic heterocycles. The van der Waals surface area contributed by atoms with Crippen LogP contribution in [0.5, 0.6) is 0 Å². The number of likely N-dealkylation sites (N-methyl/N-ethyl adjacent to an activating group) is 1. The molecule has 0 aromatic heterocycles. The lowest BCUT2D eigenvalue weighted by atomic mass is 10.3. The van der Waals surface area contributed by atoms with E-state index < -0.39 is 0 Å². The summed E-state index contributed by atoms with van der Waals surface area (Å²) >= 11 is 1.80. The average Bonchev–Trinajstić information content (AvgIpc) is 2.42. The number of thioether (sulfide) groups is 1. The van der Waals surface area contributed by atoms with E-state index in [0.29, 0.717) is 0 Å². The molecule has 0 spiro atoms. The molecule has 1 atom stereocenters. The molecule has 100 valence electrons. The second kappa shape index (κ2) is 8.16. The molecule has 0 bridgehead atoms. The topological polar surface area (TPSA) is 32.3 Å². The lowest BCUT2D eigenvalue weighted by Gasteiger charge is -2.20. The molecule has 1 aromatic rings. The van der Waals surface area contributed by atoms with Crippen LogP contribution in [0.1, 0.15) is 13.8 Å². The minimum atomic E-state index is -0.105. The fourth-order valence-electron chi connectivity index (χ4n) is 1.53. The number of nitrogens with zero attached hydrogens (tertiary/aromatic N) is 1. The molecule has 0 fully saturated rings. The van der Waals surface area contributed by atoms with E-state index in [1.54, 1.807) is 16.7 Å². The van der Waals surface area contributed by atoms with Crippen LogP contribution < -0.4 is 5.32 Å². The third kappa shape index (κ3) is 5.10. The predicted molar refractivity (Wildman–Crippen MR) is 77.9 cm³/mol. The van der Waals surface area contributed by atoms with Gasteiger partial charge in [-0.3, -0.25) is 4.79 Å². The first kappa shape index (κ1) is 15.1. The van der Waals surface area contributed by atoms with Crippen molar-refractivity contribution in [3.8, 4) is 0 Å². The normalized spacial score (nSPS) is 12.2. The Kier molecular flexibility index (Phi) is 6.83. The van der Waals surface area contributed by atoms with Gasteiger partial charge in [-0.15, -0.1) is 11.8 Å². The molecular formula is C14H22N2OS. The molecule has 4 heteroatoms. The largest absolute Gasteiger partial charge is 0.345 e. The van der Waals surface area contributed by atoms with Crippen molar-refractivity contribution < 1.29 is 4.79 Å². The van der Waals surface area contributed by atoms with Crippen LogP contribution in [0.2, 0.25) is 0 Å². The van der Waals surface area contributed by atoms with Gasteiger partial charge >= 0.3 is 0 Å². The summed E-state index contributed by atoms with van der Waals surface area (Å²) in [6.45, 7) is 5.49. The lowest BCUT2D eigenvalue weighted by Crippen LogP contribution is -2.43. The summed E-state index contributed by atoms with van der Waals surface area (Å²) < 4.78 is 0. The van der Waals surface area contributed by atoms with E-state index in [2.05, 4.69) is 17.4 Å². The van der Waals surface area contributed by atoms with Crippen LogP contribution >= 0.6 is 11.8 Å². The highest BCUT2D eigenvalue weighted by molar-refractivity contribution is 7.99. The Morgan fingerprint density at radius 3 is 2.67 bits per heavy atom. The van der Waals surface area contributed by atoms with Gasteiger partial charge in [0.15, 0.2) is 0 Å². The molecule has 3 nitrogen and oxygen atoms in total. The van der Waals surface area contributed by atoms with E-state index >= 15 is 0 Å². The van der Waals surface area contributed by atoms with Crippen molar-refractivity contribution in [1.29, 1.82) is 0 Å². The lowest BCUT2D eigenvalue weighted by molar-refractivity contribution is -0.131. The molecule has 1 amide bonds. The van der Waals surface area contributed by atoms with E-state index in [1.165, 1.54) is 4.90 Å². The molecular weight excluding hydrogens is 244 g/mol. The Morgan fingerprint density at radius 1 is 1.39 bits per heavy atom. The Balaban J connectivity index is 2.20. The zero-order chi connectivity index (χ0) is 13.4. The number of amides is 1.